The lowest BCUT2D eigenvalue weighted by Crippen LogP contribution is -2.12. The predicted octanol–water partition coefficient (Wildman–Crippen LogP) is 2.68. The highest BCUT2D eigenvalue weighted by Crippen LogP contribution is 2.25. The third-order valence-corrected chi connectivity index (χ3v) is 3.61. The van der Waals surface area contributed by atoms with Gasteiger partial charge in [-0.15, -0.1) is 0 Å². The molecule has 0 unspecified atom stereocenters. The molecule has 0 saturated heterocycles. The van der Waals surface area contributed by atoms with E-state index in [0.717, 1.165) is 10.2 Å². The molecule has 7 heteroatoms. The highest BCUT2D eigenvalue weighted by atomic mass is 79.9. The third-order valence-electron chi connectivity index (χ3n) is 3.12. The number of nitrogens with two attached hydrogens (primary N) is 1. The van der Waals surface area contributed by atoms with Gasteiger partial charge in [-0.2, -0.15) is 5.10 Å². The fraction of sp³-hybridized carbons (Fsp3) is 0.133. The fourth-order valence-electron chi connectivity index (χ4n) is 2.21. The molecule has 0 radical (unpaired) electrons. The number of ether oxygens (including phenoxy) is 1. The first-order valence-corrected chi connectivity index (χ1v) is 7.46. The van der Waals surface area contributed by atoms with E-state index < -0.39 is 5.91 Å². The average molecular weight is 361 g/mol. The zero-order valence-electron chi connectivity index (χ0n) is 11.8. The van der Waals surface area contributed by atoms with Crippen molar-refractivity contribution in [3.05, 3.63) is 46.7 Å². The number of nitrogens with zero attached hydrogens (tertiary/aromatic N) is 3. The van der Waals surface area contributed by atoms with Crippen LogP contribution in [0.3, 0.4) is 0 Å². The van der Waals surface area contributed by atoms with Gasteiger partial charge in [0.05, 0.1) is 23.2 Å². The van der Waals surface area contributed by atoms with Gasteiger partial charge in [0, 0.05) is 16.7 Å². The molecule has 2 heterocycles. The van der Waals surface area contributed by atoms with Crippen molar-refractivity contribution in [2.75, 3.05) is 6.61 Å². The van der Waals surface area contributed by atoms with Gasteiger partial charge in [-0.25, -0.2) is 9.67 Å². The molecule has 0 aliphatic rings. The number of hydrogen-bond donors (Lipinski definition) is 1. The minimum Gasteiger partial charge on any atom is -0.478 e. The van der Waals surface area contributed by atoms with Gasteiger partial charge in [0.2, 0.25) is 5.88 Å². The van der Waals surface area contributed by atoms with Crippen molar-refractivity contribution in [1.82, 2.24) is 14.8 Å². The zero-order valence-corrected chi connectivity index (χ0v) is 13.4. The summed E-state index contributed by atoms with van der Waals surface area (Å²) in [5.41, 5.74) is 7.12. The summed E-state index contributed by atoms with van der Waals surface area (Å²) < 4.78 is 7.99. The molecule has 0 aliphatic heterocycles. The molecule has 1 amide bonds. The van der Waals surface area contributed by atoms with Crippen LogP contribution < -0.4 is 10.5 Å². The van der Waals surface area contributed by atoms with Gasteiger partial charge in [-0.1, -0.05) is 22.0 Å². The van der Waals surface area contributed by atoms with Crippen molar-refractivity contribution < 1.29 is 9.53 Å². The number of carbonyl (C=O) groups excluding carboxylic acids is 1. The van der Waals surface area contributed by atoms with Crippen LogP contribution in [0.4, 0.5) is 0 Å². The van der Waals surface area contributed by atoms with Crippen LogP contribution in [0.5, 0.6) is 5.88 Å². The monoisotopic (exact) mass is 360 g/mol. The van der Waals surface area contributed by atoms with Gasteiger partial charge in [0.1, 0.15) is 0 Å². The Morgan fingerprint density at radius 1 is 1.41 bits per heavy atom. The molecule has 0 aliphatic carbocycles. The highest BCUT2D eigenvalue weighted by molar-refractivity contribution is 9.10. The van der Waals surface area contributed by atoms with E-state index >= 15 is 0 Å². The summed E-state index contributed by atoms with van der Waals surface area (Å²) >= 11 is 3.43. The maximum absolute atomic E-state index is 11.6. The van der Waals surface area contributed by atoms with E-state index in [1.165, 1.54) is 0 Å². The zero-order chi connectivity index (χ0) is 15.7. The van der Waals surface area contributed by atoms with E-state index in [4.69, 9.17) is 10.5 Å². The van der Waals surface area contributed by atoms with E-state index in [9.17, 15) is 4.79 Å². The summed E-state index contributed by atoms with van der Waals surface area (Å²) in [4.78, 5) is 15.8. The van der Waals surface area contributed by atoms with Crippen molar-refractivity contribution in [3.63, 3.8) is 0 Å². The topological polar surface area (TPSA) is 83.0 Å². The van der Waals surface area contributed by atoms with Crippen molar-refractivity contribution in [3.8, 4) is 11.6 Å². The Kier molecular flexibility index (Phi) is 3.81. The lowest BCUT2D eigenvalue weighted by Gasteiger charge is -2.05. The molecular formula is C15H13BrN4O2. The van der Waals surface area contributed by atoms with Crippen LogP contribution >= 0.6 is 15.9 Å². The lowest BCUT2D eigenvalue weighted by molar-refractivity contribution is 0.0996. The number of halogens is 1. The highest BCUT2D eigenvalue weighted by Gasteiger charge is 2.17. The maximum Gasteiger partial charge on any atom is 0.269 e. The van der Waals surface area contributed by atoms with E-state index in [-0.39, 0.29) is 5.69 Å². The molecule has 1 aromatic carbocycles. The van der Waals surface area contributed by atoms with Crippen molar-refractivity contribution in [1.29, 1.82) is 0 Å². The van der Waals surface area contributed by atoms with Crippen molar-refractivity contribution in [2.45, 2.75) is 6.92 Å². The number of pyridine rings is 1. The summed E-state index contributed by atoms with van der Waals surface area (Å²) in [6, 6.07) is 9.35. The number of amides is 1. The van der Waals surface area contributed by atoms with Gasteiger partial charge in [0.15, 0.2) is 5.69 Å². The summed E-state index contributed by atoms with van der Waals surface area (Å²) in [6.07, 6.45) is 1.56. The van der Waals surface area contributed by atoms with Crippen molar-refractivity contribution >= 4 is 32.7 Å². The van der Waals surface area contributed by atoms with Gasteiger partial charge >= 0.3 is 0 Å². The second kappa shape index (κ2) is 5.76. The average Bonchev–Trinajstić information content (AvgIpc) is 2.86. The summed E-state index contributed by atoms with van der Waals surface area (Å²) in [5, 5.41) is 4.92. The molecule has 3 rings (SSSR count). The van der Waals surface area contributed by atoms with Crippen LogP contribution in [-0.4, -0.2) is 27.3 Å². The molecule has 0 saturated carbocycles. The van der Waals surface area contributed by atoms with Gasteiger partial charge in [-0.3, -0.25) is 4.79 Å². The smallest absolute Gasteiger partial charge is 0.269 e. The van der Waals surface area contributed by atoms with Crippen LogP contribution in [0.2, 0.25) is 0 Å². The first-order valence-electron chi connectivity index (χ1n) is 6.67. The number of rotatable bonds is 4. The minimum atomic E-state index is -0.593. The molecule has 2 N–H and O–H groups in total. The summed E-state index contributed by atoms with van der Waals surface area (Å²) in [6.45, 7) is 2.39. The normalized spacial score (nSPS) is 10.8. The number of fused-ring (bicyclic) bond motifs is 1. The van der Waals surface area contributed by atoms with E-state index in [1.54, 1.807) is 16.9 Å². The van der Waals surface area contributed by atoms with Gasteiger partial charge in [-0.05, 0) is 25.1 Å². The van der Waals surface area contributed by atoms with Gasteiger partial charge < -0.3 is 10.5 Å². The Balaban J connectivity index is 2.27. The number of carbonyl (C=O) groups is 1. The van der Waals surface area contributed by atoms with Crippen LogP contribution in [0, 0.1) is 0 Å². The molecule has 0 atom stereocenters. The van der Waals surface area contributed by atoms with Crippen LogP contribution in [0.15, 0.2) is 41.0 Å². The third kappa shape index (κ3) is 2.55. The molecule has 3 aromatic rings. The molecule has 2 aromatic heterocycles. The number of benzene rings is 1. The number of hydrogen-bond acceptors (Lipinski definition) is 4. The quantitative estimate of drug-likeness (QED) is 0.775. The second-order valence-electron chi connectivity index (χ2n) is 4.58. The minimum absolute atomic E-state index is 0.186. The first-order chi connectivity index (χ1) is 10.6. The Morgan fingerprint density at radius 3 is 2.91 bits per heavy atom. The molecule has 0 fully saturated rings. The Labute approximate surface area is 135 Å². The molecule has 22 heavy (non-hydrogen) atoms. The Bertz CT molecular complexity index is 860. The SMILES string of the molecule is CCOc1cc2c(cn1)c(C(N)=O)nn2-c1cccc(Br)c1. The van der Waals surface area contributed by atoms with Gasteiger partial charge in [0.25, 0.3) is 5.91 Å². The van der Waals surface area contributed by atoms with Crippen LogP contribution in [-0.2, 0) is 0 Å². The molecule has 6 nitrogen and oxygen atoms in total. The largest absolute Gasteiger partial charge is 0.478 e. The second-order valence-corrected chi connectivity index (χ2v) is 5.49. The van der Waals surface area contributed by atoms with Crippen molar-refractivity contribution in [2.24, 2.45) is 5.73 Å². The van der Waals surface area contributed by atoms with E-state index in [0.29, 0.717) is 23.4 Å². The molecule has 0 spiro atoms. The molecular weight excluding hydrogens is 348 g/mol. The van der Waals surface area contributed by atoms with E-state index in [1.807, 2.05) is 31.2 Å². The standard InChI is InChI=1S/C15H13BrN4O2/c1-2-22-13-7-12-11(8-18-13)14(15(17)21)19-20(12)10-5-3-4-9(16)6-10/h3-8H,2H2,1H3,(H2,17,21). The number of primary amides is 1. The molecule has 0 bridgehead atoms. The number of aromatic nitrogens is 3. The van der Waals surface area contributed by atoms with E-state index in [2.05, 4.69) is 26.0 Å². The molecule has 112 valence electrons. The first kappa shape index (κ1) is 14.5. The van der Waals surface area contributed by atoms with Crippen LogP contribution in [0.1, 0.15) is 17.4 Å². The maximum atomic E-state index is 11.6. The Morgan fingerprint density at radius 2 is 2.23 bits per heavy atom. The predicted molar refractivity (Wildman–Crippen MR) is 86.3 cm³/mol. The summed E-state index contributed by atoms with van der Waals surface area (Å²) in [5.74, 6) is -0.119. The Hall–Kier alpha value is -2.41. The van der Waals surface area contributed by atoms with Crippen LogP contribution in [0.25, 0.3) is 16.6 Å². The lowest BCUT2D eigenvalue weighted by atomic mass is 10.2. The fourth-order valence-corrected chi connectivity index (χ4v) is 2.59. The summed E-state index contributed by atoms with van der Waals surface area (Å²) in [7, 11) is 0.